The predicted molar refractivity (Wildman–Crippen MR) is 83.2 cm³/mol. The van der Waals surface area contributed by atoms with Crippen LogP contribution in [0.2, 0.25) is 0 Å². The van der Waals surface area contributed by atoms with Gasteiger partial charge in [0.1, 0.15) is 17.3 Å². The van der Waals surface area contributed by atoms with Crippen LogP contribution in [0.15, 0.2) is 28.1 Å². The standard InChI is InChI=1S/C14H15BrF2N2S/c1-18-6-9-3-12(16)14(13(17)4-9)19(2)7-11-5-10(15)8-20-11/h3-5,8,18H,6-7H2,1-2H3. The molecule has 1 N–H and O–H groups in total. The quantitative estimate of drug-likeness (QED) is 0.861. The topological polar surface area (TPSA) is 15.3 Å². The largest absolute Gasteiger partial charge is 0.365 e. The van der Waals surface area contributed by atoms with Gasteiger partial charge in [-0.2, -0.15) is 0 Å². The lowest BCUT2D eigenvalue weighted by Crippen LogP contribution is -2.19. The summed E-state index contributed by atoms with van der Waals surface area (Å²) in [4.78, 5) is 2.63. The molecule has 0 aliphatic heterocycles. The monoisotopic (exact) mass is 360 g/mol. The lowest BCUT2D eigenvalue weighted by atomic mass is 10.1. The molecule has 0 unspecified atom stereocenters. The van der Waals surface area contributed by atoms with Crippen LogP contribution in [0.4, 0.5) is 14.5 Å². The van der Waals surface area contributed by atoms with Crippen LogP contribution in [0.5, 0.6) is 0 Å². The van der Waals surface area contributed by atoms with Gasteiger partial charge in [0, 0.05) is 28.3 Å². The average molecular weight is 361 g/mol. The van der Waals surface area contributed by atoms with Crippen LogP contribution in [0.3, 0.4) is 0 Å². The molecular formula is C14H15BrF2N2S. The number of thiophene rings is 1. The molecule has 0 bridgehead atoms. The molecule has 2 rings (SSSR count). The Morgan fingerprint density at radius 3 is 2.40 bits per heavy atom. The Hall–Kier alpha value is -0.980. The molecule has 0 saturated carbocycles. The minimum absolute atomic E-state index is 0.00868. The number of halogens is 3. The van der Waals surface area contributed by atoms with Gasteiger partial charge in [-0.1, -0.05) is 0 Å². The van der Waals surface area contributed by atoms with Gasteiger partial charge in [0.15, 0.2) is 0 Å². The second kappa shape index (κ2) is 6.65. The molecule has 1 aromatic carbocycles. The molecule has 0 amide bonds. The molecule has 20 heavy (non-hydrogen) atoms. The summed E-state index contributed by atoms with van der Waals surface area (Å²) >= 11 is 4.92. The predicted octanol–water partition coefficient (Wildman–Crippen LogP) is 4.14. The highest BCUT2D eigenvalue weighted by Gasteiger charge is 2.16. The molecule has 0 aliphatic carbocycles. The zero-order valence-corrected chi connectivity index (χ0v) is 13.6. The van der Waals surface area contributed by atoms with Gasteiger partial charge in [-0.25, -0.2) is 8.78 Å². The van der Waals surface area contributed by atoms with Gasteiger partial charge in [0.25, 0.3) is 0 Å². The van der Waals surface area contributed by atoms with Crippen LogP contribution in [-0.4, -0.2) is 14.1 Å². The molecule has 1 heterocycles. The van der Waals surface area contributed by atoms with Crippen LogP contribution in [-0.2, 0) is 13.1 Å². The normalized spacial score (nSPS) is 10.8. The summed E-state index contributed by atoms with van der Waals surface area (Å²) in [6.45, 7) is 0.908. The molecule has 0 saturated heterocycles. The minimum atomic E-state index is -0.534. The van der Waals surface area contributed by atoms with Gasteiger partial charge in [-0.05, 0) is 46.7 Å². The summed E-state index contributed by atoms with van der Waals surface area (Å²) in [5.74, 6) is -1.07. The van der Waals surface area contributed by atoms with Crippen molar-refractivity contribution in [3.8, 4) is 0 Å². The van der Waals surface area contributed by atoms with E-state index in [0.29, 0.717) is 18.7 Å². The highest BCUT2D eigenvalue weighted by molar-refractivity contribution is 9.10. The maximum Gasteiger partial charge on any atom is 0.149 e. The highest BCUT2D eigenvalue weighted by atomic mass is 79.9. The lowest BCUT2D eigenvalue weighted by molar-refractivity contribution is 0.572. The van der Waals surface area contributed by atoms with E-state index in [1.165, 1.54) is 12.1 Å². The van der Waals surface area contributed by atoms with E-state index in [0.717, 1.165) is 9.35 Å². The van der Waals surface area contributed by atoms with E-state index in [1.807, 2.05) is 11.4 Å². The molecule has 2 aromatic rings. The van der Waals surface area contributed by atoms with E-state index in [-0.39, 0.29) is 5.69 Å². The zero-order valence-electron chi connectivity index (χ0n) is 11.2. The Bertz CT molecular complexity index is 578. The van der Waals surface area contributed by atoms with E-state index < -0.39 is 11.6 Å². The van der Waals surface area contributed by atoms with Crippen molar-refractivity contribution in [2.75, 3.05) is 19.0 Å². The molecule has 0 atom stereocenters. The lowest BCUT2D eigenvalue weighted by Gasteiger charge is -2.20. The molecule has 0 aliphatic rings. The van der Waals surface area contributed by atoms with Crippen molar-refractivity contribution in [1.82, 2.24) is 5.32 Å². The first-order valence-corrected chi connectivity index (χ1v) is 7.75. The van der Waals surface area contributed by atoms with Crippen LogP contribution >= 0.6 is 27.3 Å². The van der Waals surface area contributed by atoms with Crippen molar-refractivity contribution >= 4 is 33.0 Å². The van der Waals surface area contributed by atoms with E-state index >= 15 is 0 Å². The van der Waals surface area contributed by atoms with Crippen LogP contribution < -0.4 is 10.2 Å². The number of rotatable bonds is 5. The molecule has 0 radical (unpaired) electrons. The summed E-state index contributed by atoms with van der Waals surface area (Å²) in [6, 6.07) is 4.69. The molecule has 6 heteroatoms. The first kappa shape index (κ1) is 15.4. The fraction of sp³-hybridized carbons (Fsp3) is 0.286. The van der Waals surface area contributed by atoms with Gasteiger partial charge in [-0.15, -0.1) is 11.3 Å². The Kier molecular flexibility index (Phi) is 5.12. The number of hydrogen-bond donors (Lipinski definition) is 1. The second-order valence-corrected chi connectivity index (χ2v) is 6.44. The van der Waals surface area contributed by atoms with Gasteiger partial charge in [0.2, 0.25) is 0 Å². The van der Waals surface area contributed by atoms with Crippen molar-refractivity contribution in [3.05, 3.63) is 50.1 Å². The Morgan fingerprint density at radius 1 is 1.25 bits per heavy atom. The van der Waals surface area contributed by atoms with Crippen molar-refractivity contribution < 1.29 is 8.78 Å². The summed E-state index contributed by atoms with van der Waals surface area (Å²) < 4.78 is 29.1. The molecule has 0 fully saturated rings. The second-order valence-electron chi connectivity index (χ2n) is 4.53. The Labute approximate surface area is 129 Å². The summed E-state index contributed by atoms with van der Waals surface area (Å²) in [7, 11) is 3.43. The van der Waals surface area contributed by atoms with Gasteiger partial charge in [0.05, 0.1) is 6.54 Å². The minimum Gasteiger partial charge on any atom is -0.365 e. The zero-order chi connectivity index (χ0) is 14.7. The third-order valence-electron chi connectivity index (χ3n) is 2.85. The fourth-order valence-corrected chi connectivity index (χ4v) is 3.54. The van der Waals surface area contributed by atoms with Crippen molar-refractivity contribution in [2.24, 2.45) is 0 Å². The molecule has 1 aromatic heterocycles. The van der Waals surface area contributed by atoms with Crippen LogP contribution in [0, 0.1) is 11.6 Å². The van der Waals surface area contributed by atoms with Gasteiger partial charge < -0.3 is 10.2 Å². The van der Waals surface area contributed by atoms with E-state index in [9.17, 15) is 8.78 Å². The van der Waals surface area contributed by atoms with Crippen molar-refractivity contribution in [2.45, 2.75) is 13.1 Å². The molecule has 0 spiro atoms. The number of benzene rings is 1. The molecule has 2 nitrogen and oxygen atoms in total. The van der Waals surface area contributed by atoms with Crippen LogP contribution in [0.25, 0.3) is 0 Å². The SMILES string of the molecule is CNCc1cc(F)c(N(C)Cc2cc(Br)cs2)c(F)c1. The number of hydrogen-bond acceptors (Lipinski definition) is 3. The molecular weight excluding hydrogens is 346 g/mol. The Morgan fingerprint density at radius 2 is 1.90 bits per heavy atom. The average Bonchev–Trinajstić information content (AvgIpc) is 2.74. The van der Waals surface area contributed by atoms with E-state index in [1.54, 1.807) is 30.3 Å². The number of anilines is 1. The van der Waals surface area contributed by atoms with Crippen molar-refractivity contribution in [1.29, 1.82) is 0 Å². The summed E-state index contributed by atoms with van der Waals surface area (Å²) in [5, 5.41) is 4.83. The third-order valence-corrected chi connectivity index (χ3v) is 4.54. The Balaban J connectivity index is 2.23. The fourth-order valence-electron chi connectivity index (χ4n) is 2.04. The van der Waals surface area contributed by atoms with Gasteiger partial charge in [-0.3, -0.25) is 0 Å². The molecule has 108 valence electrons. The van der Waals surface area contributed by atoms with Crippen LogP contribution in [0.1, 0.15) is 10.4 Å². The van der Waals surface area contributed by atoms with E-state index in [4.69, 9.17) is 0 Å². The smallest absolute Gasteiger partial charge is 0.149 e. The number of nitrogens with zero attached hydrogens (tertiary/aromatic N) is 1. The summed E-state index contributed by atoms with van der Waals surface area (Å²) in [5.41, 5.74) is 0.605. The first-order chi connectivity index (χ1) is 9.51. The maximum atomic E-state index is 14.1. The summed E-state index contributed by atoms with van der Waals surface area (Å²) in [6.07, 6.45) is 0. The third kappa shape index (κ3) is 3.56. The highest BCUT2D eigenvalue weighted by Crippen LogP contribution is 2.27. The number of nitrogens with one attached hydrogen (secondary N) is 1. The first-order valence-electron chi connectivity index (χ1n) is 6.08. The van der Waals surface area contributed by atoms with Crippen molar-refractivity contribution in [3.63, 3.8) is 0 Å². The van der Waals surface area contributed by atoms with Gasteiger partial charge >= 0.3 is 0 Å². The van der Waals surface area contributed by atoms with E-state index in [2.05, 4.69) is 21.2 Å². The maximum absolute atomic E-state index is 14.1.